The van der Waals surface area contributed by atoms with Crippen LogP contribution in [0.2, 0.25) is 0 Å². The molecule has 2 N–H and O–H groups in total. The van der Waals surface area contributed by atoms with Crippen LogP contribution >= 0.6 is 11.3 Å². The van der Waals surface area contributed by atoms with E-state index in [9.17, 15) is 18.4 Å². The molecule has 0 fully saturated rings. The molecule has 9 heteroatoms. The van der Waals surface area contributed by atoms with Crippen molar-refractivity contribution in [2.75, 3.05) is 10.6 Å². The molecule has 150 valence electrons. The number of ether oxygens (including phenoxy) is 1. The van der Waals surface area contributed by atoms with Gasteiger partial charge in [0.2, 0.25) is 5.91 Å². The number of anilines is 2. The largest absolute Gasteiger partial charge is 0.435 e. The first kappa shape index (κ1) is 20.4. The molecule has 0 atom stereocenters. The minimum Gasteiger partial charge on any atom is -0.435 e. The van der Waals surface area contributed by atoms with E-state index in [-0.39, 0.29) is 17.6 Å². The Balaban J connectivity index is 1.75. The lowest BCUT2D eigenvalue weighted by Gasteiger charge is -2.06. The third-order valence-corrected chi connectivity index (χ3v) is 4.70. The number of nitrogens with one attached hydrogen (secondary N) is 2. The molecular weight excluding hydrogens is 400 g/mol. The van der Waals surface area contributed by atoms with Gasteiger partial charge in [-0.25, -0.2) is 4.98 Å². The molecule has 0 saturated carbocycles. The standard InChI is InChI=1S/C20H17F2N3O3S/c1-11-17(13-6-8-16(9-7-13)28-19(21)22)24-20(29-11)25-18(27)14-4-3-5-15(10-14)23-12(2)26/h3-10,19H,1-2H3,(H,23,26)(H,24,25,27). The number of carbonyl (C=O) groups excluding carboxylic acids is 2. The van der Waals surface area contributed by atoms with Gasteiger partial charge in [-0.1, -0.05) is 6.07 Å². The van der Waals surface area contributed by atoms with Crippen LogP contribution < -0.4 is 15.4 Å². The molecule has 0 unspecified atom stereocenters. The van der Waals surface area contributed by atoms with Crippen LogP contribution in [0.4, 0.5) is 19.6 Å². The van der Waals surface area contributed by atoms with Crippen LogP contribution in [0.1, 0.15) is 22.2 Å². The molecule has 1 heterocycles. The van der Waals surface area contributed by atoms with Crippen molar-refractivity contribution in [2.45, 2.75) is 20.5 Å². The first-order valence-corrected chi connectivity index (χ1v) is 9.35. The molecule has 2 amide bonds. The van der Waals surface area contributed by atoms with Gasteiger partial charge in [0.25, 0.3) is 5.91 Å². The minimum absolute atomic E-state index is 0.0595. The summed E-state index contributed by atoms with van der Waals surface area (Å²) in [5.74, 6) is -0.532. The molecule has 6 nitrogen and oxygen atoms in total. The Bertz CT molecular complexity index is 1040. The summed E-state index contributed by atoms with van der Waals surface area (Å²) in [6.07, 6.45) is 0. The Hall–Kier alpha value is -3.33. The average molecular weight is 417 g/mol. The fourth-order valence-electron chi connectivity index (χ4n) is 2.62. The molecule has 3 rings (SSSR count). The first-order chi connectivity index (χ1) is 13.8. The Morgan fingerprint density at radius 3 is 2.48 bits per heavy atom. The van der Waals surface area contributed by atoms with Gasteiger partial charge in [0.15, 0.2) is 5.13 Å². The number of benzene rings is 2. The highest BCUT2D eigenvalue weighted by molar-refractivity contribution is 7.16. The van der Waals surface area contributed by atoms with Crippen LogP contribution in [-0.4, -0.2) is 23.4 Å². The van der Waals surface area contributed by atoms with Crippen molar-refractivity contribution in [3.63, 3.8) is 0 Å². The number of carbonyl (C=O) groups is 2. The number of aromatic nitrogens is 1. The molecule has 0 aliphatic heterocycles. The fraction of sp³-hybridized carbons (Fsp3) is 0.150. The van der Waals surface area contributed by atoms with Gasteiger partial charge in [0, 0.05) is 28.6 Å². The molecule has 0 saturated heterocycles. The normalized spacial score (nSPS) is 10.7. The van der Waals surface area contributed by atoms with Gasteiger partial charge in [-0.3, -0.25) is 14.9 Å². The second-order valence-electron chi connectivity index (χ2n) is 6.04. The number of thiazole rings is 1. The van der Waals surface area contributed by atoms with Crippen LogP contribution in [0.25, 0.3) is 11.3 Å². The number of amides is 2. The molecule has 0 bridgehead atoms. The number of rotatable bonds is 6. The smallest absolute Gasteiger partial charge is 0.387 e. The maximum absolute atomic E-state index is 12.5. The molecule has 29 heavy (non-hydrogen) atoms. The highest BCUT2D eigenvalue weighted by Gasteiger charge is 2.14. The summed E-state index contributed by atoms with van der Waals surface area (Å²) in [4.78, 5) is 29.0. The van der Waals surface area contributed by atoms with Gasteiger partial charge in [0.05, 0.1) is 5.69 Å². The first-order valence-electron chi connectivity index (χ1n) is 8.53. The number of nitrogens with zero attached hydrogens (tertiary/aromatic N) is 1. The third kappa shape index (κ3) is 5.35. The lowest BCUT2D eigenvalue weighted by molar-refractivity contribution is -0.114. The Kier molecular flexibility index (Phi) is 6.18. The van der Waals surface area contributed by atoms with Crippen molar-refractivity contribution in [2.24, 2.45) is 0 Å². The zero-order chi connectivity index (χ0) is 21.0. The van der Waals surface area contributed by atoms with E-state index in [0.717, 1.165) is 4.88 Å². The van der Waals surface area contributed by atoms with Crippen molar-refractivity contribution in [3.8, 4) is 17.0 Å². The fourth-order valence-corrected chi connectivity index (χ4v) is 3.45. The van der Waals surface area contributed by atoms with Crippen molar-refractivity contribution in [1.29, 1.82) is 0 Å². The number of hydrogen-bond donors (Lipinski definition) is 2. The van der Waals surface area contributed by atoms with Gasteiger partial charge in [0.1, 0.15) is 5.75 Å². The number of alkyl halides is 2. The van der Waals surface area contributed by atoms with E-state index in [1.54, 1.807) is 36.4 Å². The Labute approximate surface area is 169 Å². The summed E-state index contributed by atoms with van der Waals surface area (Å²) in [5, 5.41) is 5.77. The van der Waals surface area contributed by atoms with Crippen LogP contribution in [-0.2, 0) is 4.79 Å². The third-order valence-electron chi connectivity index (χ3n) is 3.82. The quantitative estimate of drug-likeness (QED) is 0.596. The van der Waals surface area contributed by atoms with Gasteiger partial charge in [-0.15, -0.1) is 11.3 Å². The molecule has 0 aliphatic carbocycles. The summed E-state index contributed by atoms with van der Waals surface area (Å²) in [6, 6.07) is 12.7. The van der Waals surface area contributed by atoms with Gasteiger partial charge in [-0.2, -0.15) is 8.78 Å². The lowest BCUT2D eigenvalue weighted by atomic mass is 10.1. The number of hydrogen-bond acceptors (Lipinski definition) is 5. The predicted octanol–water partition coefficient (Wildman–Crippen LogP) is 4.93. The van der Waals surface area contributed by atoms with Crippen molar-refractivity contribution in [1.82, 2.24) is 4.98 Å². The van der Waals surface area contributed by atoms with Crippen molar-refractivity contribution in [3.05, 3.63) is 59.0 Å². The second kappa shape index (κ2) is 8.78. The van der Waals surface area contributed by atoms with E-state index < -0.39 is 6.61 Å². The monoisotopic (exact) mass is 417 g/mol. The highest BCUT2D eigenvalue weighted by atomic mass is 32.1. The van der Waals surface area contributed by atoms with Crippen molar-refractivity contribution >= 4 is 34.0 Å². The lowest BCUT2D eigenvalue weighted by Crippen LogP contribution is -2.13. The summed E-state index contributed by atoms with van der Waals surface area (Å²) in [6.45, 7) is 0.357. The van der Waals surface area contributed by atoms with Gasteiger partial charge < -0.3 is 10.1 Å². The molecule has 3 aromatic rings. The van der Waals surface area contributed by atoms with E-state index in [1.807, 2.05) is 6.92 Å². The number of halogens is 2. The summed E-state index contributed by atoms with van der Waals surface area (Å²) in [7, 11) is 0. The van der Waals surface area contributed by atoms with Crippen LogP contribution in [0.15, 0.2) is 48.5 Å². The molecular formula is C20H17F2N3O3S. The summed E-state index contributed by atoms with van der Waals surface area (Å²) < 4.78 is 28.9. The summed E-state index contributed by atoms with van der Waals surface area (Å²) >= 11 is 1.30. The molecule has 0 aliphatic rings. The molecule has 0 spiro atoms. The molecule has 0 radical (unpaired) electrons. The highest BCUT2D eigenvalue weighted by Crippen LogP contribution is 2.31. The predicted molar refractivity (Wildman–Crippen MR) is 108 cm³/mol. The zero-order valence-corrected chi connectivity index (χ0v) is 16.3. The average Bonchev–Trinajstić information content (AvgIpc) is 3.01. The molecule has 2 aromatic carbocycles. The zero-order valence-electron chi connectivity index (χ0n) is 15.5. The SMILES string of the molecule is CC(=O)Nc1cccc(C(=O)Nc2nc(-c3ccc(OC(F)F)cc3)c(C)s2)c1. The minimum atomic E-state index is -2.88. The van der Waals surface area contributed by atoms with E-state index in [1.165, 1.54) is 30.4 Å². The van der Waals surface area contributed by atoms with Crippen LogP contribution in [0.3, 0.4) is 0 Å². The van der Waals surface area contributed by atoms with Crippen LogP contribution in [0, 0.1) is 6.92 Å². The molecule has 1 aromatic heterocycles. The maximum atomic E-state index is 12.5. The number of aryl methyl sites for hydroxylation is 1. The Morgan fingerprint density at radius 1 is 1.10 bits per heavy atom. The van der Waals surface area contributed by atoms with E-state index in [0.29, 0.717) is 27.6 Å². The van der Waals surface area contributed by atoms with Crippen LogP contribution in [0.5, 0.6) is 5.75 Å². The Morgan fingerprint density at radius 2 is 1.83 bits per heavy atom. The van der Waals surface area contributed by atoms with E-state index >= 15 is 0 Å². The summed E-state index contributed by atoms with van der Waals surface area (Å²) in [5.41, 5.74) is 2.25. The topological polar surface area (TPSA) is 80.3 Å². The van der Waals surface area contributed by atoms with E-state index in [2.05, 4.69) is 20.4 Å². The van der Waals surface area contributed by atoms with Gasteiger partial charge >= 0.3 is 6.61 Å². The van der Waals surface area contributed by atoms with Crippen molar-refractivity contribution < 1.29 is 23.1 Å². The van der Waals surface area contributed by atoms with E-state index in [4.69, 9.17) is 0 Å². The van der Waals surface area contributed by atoms with Gasteiger partial charge in [-0.05, 0) is 49.4 Å². The maximum Gasteiger partial charge on any atom is 0.387 e. The second-order valence-corrected chi connectivity index (χ2v) is 7.25.